The van der Waals surface area contributed by atoms with Gasteiger partial charge in [-0.1, -0.05) is 26.7 Å². The van der Waals surface area contributed by atoms with E-state index in [1.165, 1.54) is 0 Å². The van der Waals surface area contributed by atoms with Gasteiger partial charge in [0.15, 0.2) is 0 Å². The Kier molecular flexibility index (Phi) is 10.0. The molecule has 0 aliphatic rings. The molecule has 120 valence electrons. The number of nitrogens with one attached hydrogen (secondary N) is 2. The third kappa shape index (κ3) is 8.79. The van der Waals surface area contributed by atoms with Crippen LogP contribution in [0.4, 0.5) is 11.9 Å². The van der Waals surface area contributed by atoms with Crippen LogP contribution >= 0.6 is 15.9 Å². The molecule has 0 aliphatic carbocycles. The quantitative estimate of drug-likeness (QED) is 0.437. The van der Waals surface area contributed by atoms with E-state index in [1.807, 2.05) is 0 Å². The zero-order valence-electron chi connectivity index (χ0n) is 12.7. The molecule has 8 heteroatoms. The van der Waals surface area contributed by atoms with E-state index >= 15 is 0 Å². The average molecular weight is 362 g/mol. The molecule has 0 bridgehead atoms. The predicted molar refractivity (Wildman–Crippen MR) is 86.2 cm³/mol. The summed E-state index contributed by atoms with van der Waals surface area (Å²) < 4.78 is 11.3. The highest BCUT2D eigenvalue weighted by molar-refractivity contribution is 9.10. The Bertz CT molecular complexity index is 363. The normalized spacial score (nSPS) is 10.6. The Morgan fingerprint density at radius 3 is 1.76 bits per heavy atom. The van der Waals surface area contributed by atoms with Gasteiger partial charge in [-0.15, -0.1) is 0 Å². The summed E-state index contributed by atoms with van der Waals surface area (Å²) in [5.41, 5.74) is 0. The van der Waals surface area contributed by atoms with Crippen molar-refractivity contribution < 1.29 is 9.47 Å². The molecule has 0 radical (unpaired) electrons. The van der Waals surface area contributed by atoms with Crippen molar-refractivity contribution in [1.29, 1.82) is 0 Å². The molecule has 0 amide bonds. The van der Waals surface area contributed by atoms with Crippen molar-refractivity contribution in [3.05, 3.63) is 4.73 Å². The number of hydrogen-bond acceptors (Lipinski definition) is 7. The second kappa shape index (κ2) is 11.6. The van der Waals surface area contributed by atoms with E-state index in [4.69, 9.17) is 9.47 Å². The Balaban J connectivity index is 2.32. The standard InChI is InChI=1S/C13H24BrN5O2/c1-3-5-7-20-9-15-12-17-11(14)18-13(19-12)16-10-21-8-6-4-2/h3-10H2,1-2H3,(H2,15,16,17,18,19). The maximum atomic E-state index is 5.41. The first-order valence-electron chi connectivity index (χ1n) is 7.31. The minimum atomic E-state index is 0.378. The molecule has 0 unspecified atom stereocenters. The lowest BCUT2D eigenvalue weighted by Gasteiger charge is -2.09. The predicted octanol–water partition coefficient (Wildman–Crippen LogP) is 3.01. The highest BCUT2D eigenvalue weighted by Gasteiger charge is 2.04. The van der Waals surface area contributed by atoms with Crippen LogP contribution in [0.1, 0.15) is 39.5 Å². The fraction of sp³-hybridized carbons (Fsp3) is 0.769. The van der Waals surface area contributed by atoms with E-state index in [0.29, 0.717) is 30.1 Å². The summed E-state index contributed by atoms with van der Waals surface area (Å²) in [7, 11) is 0. The fourth-order valence-electron chi connectivity index (χ4n) is 1.38. The molecule has 1 aromatic heterocycles. The molecule has 21 heavy (non-hydrogen) atoms. The number of rotatable bonds is 12. The van der Waals surface area contributed by atoms with Crippen molar-refractivity contribution >= 4 is 27.8 Å². The van der Waals surface area contributed by atoms with Crippen molar-refractivity contribution in [3.8, 4) is 0 Å². The molecular weight excluding hydrogens is 338 g/mol. The van der Waals surface area contributed by atoms with Crippen LogP contribution < -0.4 is 10.6 Å². The van der Waals surface area contributed by atoms with Gasteiger partial charge in [0.2, 0.25) is 16.6 Å². The highest BCUT2D eigenvalue weighted by Crippen LogP contribution is 2.10. The number of ether oxygens (including phenoxy) is 2. The number of halogens is 1. The number of aromatic nitrogens is 3. The molecule has 1 aromatic rings. The molecule has 1 rings (SSSR count). The Morgan fingerprint density at radius 2 is 1.33 bits per heavy atom. The van der Waals surface area contributed by atoms with Crippen molar-refractivity contribution in [1.82, 2.24) is 15.0 Å². The lowest BCUT2D eigenvalue weighted by atomic mass is 10.4. The summed E-state index contributed by atoms with van der Waals surface area (Å²) in [4.78, 5) is 12.5. The van der Waals surface area contributed by atoms with Gasteiger partial charge in [0, 0.05) is 13.2 Å². The maximum Gasteiger partial charge on any atom is 0.230 e. The molecule has 0 atom stereocenters. The zero-order valence-corrected chi connectivity index (χ0v) is 14.3. The topological polar surface area (TPSA) is 81.2 Å². The molecule has 0 saturated carbocycles. The van der Waals surface area contributed by atoms with E-state index < -0.39 is 0 Å². The molecular formula is C13H24BrN5O2. The molecule has 0 spiro atoms. The number of hydrogen-bond donors (Lipinski definition) is 2. The van der Waals surface area contributed by atoms with Crippen molar-refractivity contribution in [3.63, 3.8) is 0 Å². The number of nitrogens with zero attached hydrogens (tertiary/aromatic N) is 3. The van der Waals surface area contributed by atoms with Crippen molar-refractivity contribution in [2.45, 2.75) is 39.5 Å². The first kappa shape index (κ1) is 18.1. The molecule has 7 nitrogen and oxygen atoms in total. The monoisotopic (exact) mass is 361 g/mol. The summed E-state index contributed by atoms with van der Waals surface area (Å²) in [6.07, 6.45) is 4.32. The van der Waals surface area contributed by atoms with Crippen LogP contribution in [0.3, 0.4) is 0 Å². The molecule has 0 aromatic carbocycles. The molecule has 0 saturated heterocycles. The summed E-state index contributed by atoms with van der Waals surface area (Å²) >= 11 is 3.26. The Hall–Kier alpha value is -0.990. The number of unbranched alkanes of at least 4 members (excludes halogenated alkanes) is 2. The average Bonchev–Trinajstić information content (AvgIpc) is 2.46. The van der Waals surface area contributed by atoms with E-state index in [0.717, 1.165) is 38.9 Å². The smallest absolute Gasteiger partial charge is 0.230 e. The zero-order chi connectivity index (χ0) is 15.3. The third-order valence-corrected chi connectivity index (χ3v) is 2.91. The molecule has 0 aliphatic heterocycles. The largest absolute Gasteiger partial charge is 0.361 e. The van der Waals surface area contributed by atoms with Gasteiger partial charge in [-0.25, -0.2) is 0 Å². The molecule has 2 N–H and O–H groups in total. The van der Waals surface area contributed by atoms with Gasteiger partial charge < -0.3 is 20.1 Å². The van der Waals surface area contributed by atoms with E-state index in [1.54, 1.807) is 0 Å². The van der Waals surface area contributed by atoms with E-state index in [-0.39, 0.29) is 0 Å². The number of anilines is 2. The van der Waals surface area contributed by atoms with Gasteiger partial charge in [0.1, 0.15) is 13.5 Å². The van der Waals surface area contributed by atoms with Crippen molar-refractivity contribution in [2.75, 3.05) is 37.3 Å². The van der Waals surface area contributed by atoms with Gasteiger partial charge >= 0.3 is 0 Å². The van der Waals surface area contributed by atoms with Crippen LogP contribution in [0.5, 0.6) is 0 Å². The summed E-state index contributed by atoms with van der Waals surface area (Å²) in [6.45, 7) is 6.46. The van der Waals surface area contributed by atoms with Crippen LogP contribution in [-0.2, 0) is 9.47 Å². The van der Waals surface area contributed by atoms with Crippen LogP contribution in [0.2, 0.25) is 0 Å². The van der Waals surface area contributed by atoms with Gasteiger partial charge in [-0.3, -0.25) is 0 Å². The summed E-state index contributed by atoms with van der Waals surface area (Å²) in [5, 5.41) is 6.00. The van der Waals surface area contributed by atoms with Crippen molar-refractivity contribution in [2.24, 2.45) is 0 Å². The van der Waals surface area contributed by atoms with Gasteiger partial charge in [-0.05, 0) is 28.8 Å². The van der Waals surface area contributed by atoms with Crippen LogP contribution in [-0.4, -0.2) is 41.6 Å². The van der Waals surface area contributed by atoms with Gasteiger partial charge in [0.25, 0.3) is 0 Å². The summed E-state index contributed by atoms with van der Waals surface area (Å²) in [5.74, 6) is 0.925. The van der Waals surface area contributed by atoms with Crippen LogP contribution in [0.15, 0.2) is 4.73 Å². The second-order valence-corrected chi connectivity index (χ2v) is 5.13. The van der Waals surface area contributed by atoms with Gasteiger partial charge in [-0.2, -0.15) is 15.0 Å². The van der Waals surface area contributed by atoms with Crippen LogP contribution in [0, 0.1) is 0 Å². The lowest BCUT2D eigenvalue weighted by Crippen LogP contribution is -2.14. The highest BCUT2D eigenvalue weighted by atomic mass is 79.9. The lowest BCUT2D eigenvalue weighted by molar-refractivity contribution is 0.148. The first-order chi connectivity index (χ1) is 10.3. The third-order valence-electron chi connectivity index (χ3n) is 2.56. The maximum absolute atomic E-state index is 5.41. The van der Waals surface area contributed by atoms with Crippen LogP contribution in [0.25, 0.3) is 0 Å². The second-order valence-electron chi connectivity index (χ2n) is 4.42. The Morgan fingerprint density at radius 1 is 0.857 bits per heavy atom. The van der Waals surface area contributed by atoms with E-state index in [2.05, 4.69) is 55.4 Å². The Labute approximate surface area is 134 Å². The molecule has 0 fully saturated rings. The molecule has 1 heterocycles. The first-order valence-corrected chi connectivity index (χ1v) is 8.10. The minimum absolute atomic E-state index is 0.378. The minimum Gasteiger partial charge on any atom is -0.361 e. The van der Waals surface area contributed by atoms with E-state index in [9.17, 15) is 0 Å². The van der Waals surface area contributed by atoms with Gasteiger partial charge in [0.05, 0.1) is 0 Å². The summed E-state index contributed by atoms with van der Waals surface area (Å²) in [6, 6.07) is 0. The SMILES string of the molecule is CCCCOCNc1nc(Br)nc(NCOCCCC)n1. The fourth-order valence-corrected chi connectivity index (χ4v) is 1.71.